The number of amides is 1. The fourth-order valence-electron chi connectivity index (χ4n) is 3.16. The second kappa shape index (κ2) is 8.49. The Morgan fingerprint density at radius 2 is 1.84 bits per heavy atom. The Bertz CT molecular complexity index is 1110. The molecule has 0 N–H and O–H groups in total. The van der Waals surface area contributed by atoms with Crippen LogP contribution in [0.5, 0.6) is 5.75 Å². The highest BCUT2D eigenvalue weighted by Crippen LogP contribution is 2.35. The number of nitrogens with zero attached hydrogens (tertiary/aromatic N) is 4. The highest BCUT2D eigenvalue weighted by Gasteiger charge is 2.32. The maximum absolute atomic E-state index is 12.8. The molecule has 0 saturated carbocycles. The van der Waals surface area contributed by atoms with Gasteiger partial charge in [0, 0.05) is 19.0 Å². The summed E-state index contributed by atoms with van der Waals surface area (Å²) < 4.78 is 44.8. The van der Waals surface area contributed by atoms with Crippen LogP contribution in [0.15, 0.2) is 40.9 Å². The van der Waals surface area contributed by atoms with Crippen molar-refractivity contribution in [1.82, 2.24) is 15.0 Å². The molecular formula is C21H22BrF3N4O2. The largest absolute Gasteiger partial charge is 0.573 e. The van der Waals surface area contributed by atoms with E-state index in [-0.39, 0.29) is 29.2 Å². The number of anilines is 1. The zero-order valence-corrected chi connectivity index (χ0v) is 19.1. The van der Waals surface area contributed by atoms with Gasteiger partial charge in [0.1, 0.15) is 11.3 Å². The summed E-state index contributed by atoms with van der Waals surface area (Å²) in [5.74, 6) is -0.696. The molecule has 1 heterocycles. The van der Waals surface area contributed by atoms with E-state index in [0.29, 0.717) is 22.2 Å². The number of ether oxygens (including phenoxy) is 1. The molecule has 0 spiro atoms. The van der Waals surface area contributed by atoms with Gasteiger partial charge in [-0.1, -0.05) is 44.2 Å². The molecule has 10 heteroatoms. The second-order valence-electron chi connectivity index (χ2n) is 8.33. The van der Waals surface area contributed by atoms with E-state index in [0.717, 1.165) is 5.52 Å². The van der Waals surface area contributed by atoms with Crippen molar-refractivity contribution in [2.75, 3.05) is 4.90 Å². The van der Waals surface area contributed by atoms with Crippen LogP contribution in [-0.2, 0) is 17.9 Å². The quantitative estimate of drug-likeness (QED) is 0.453. The van der Waals surface area contributed by atoms with Gasteiger partial charge in [-0.15, -0.1) is 18.3 Å². The lowest BCUT2D eigenvalue weighted by Gasteiger charge is -2.24. The van der Waals surface area contributed by atoms with E-state index in [2.05, 4.69) is 51.8 Å². The number of hydrogen-bond acceptors (Lipinski definition) is 4. The van der Waals surface area contributed by atoms with Gasteiger partial charge in [-0.2, -0.15) is 0 Å². The summed E-state index contributed by atoms with van der Waals surface area (Å²) in [6.07, 6.45) is -4.83. The average molecular weight is 499 g/mol. The fourth-order valence-corrected chi connectivity index (χ4v) is 3.79. The minimum absolute atomic E-state index is 0.0145. The number of para-hydroxylation sites is 1. The van der Waals surface area contributed by atoms with Crippen LogP contribution in [0.4, 0.5) is 18.9 Å². The van der Waals surface area contributed by atoms with E-state index in [4.69, 9.17) is 0 Å². The molecule has 2 aromatic carbocycles. The Labute approximate surface area is 186 Å². The molecule has 0 aliphatic heterocycles. The van der Waals surface area contributed by atoms with Crippen LogP contribution >= 0.6 is 15.9 Å². The van der Waals surface area contributed by atoms with Gasteiger partial charge in [0.2, 0.25) is 5.91 Å². The van der Waals surface area contributed by atoms with E-state index >= 15 is 0 Å². The van der Waals surface area contributed by atoms with Crippen LogP contribution in [0, 0.1) is 5.41 Å². The number of carbonyl (C=O) groups excluding carboxylic acids is 1. The molecule has 0 fully saturated rings. The summed E-state index contributed by atoms with van der Waals surface area (Å²) in [6, 6.07) is 9.27. The van der Waals surface area contributed by atoms with Gasteiger partial charge in [-0.25, -0.2) is 4.68 Å². The molecule has 3 rings (SSSR count). The van der Waals surface area contributed by atoms with Crippen molar-refractivity contribution in [1.29, 1.82) is 0 Å². The number of halogens is 4. The normalized spacial score (nSPS) is 12.3. The summed E-state index contributed by atoms with van der Waals surface area (Å²) in [6.45, 7) is 8.14. The van der Waals surface area contributed by atoms with E-state index in [1.165, 1.54) is 30.0 Å². The van der Waals surface area contributed by atoms with Crippen molar-refractivity contribution in [3.8, 4) is 5.75 Å². The lowest BCUT2D eigenvalue weighted by Crippen LogP contribution is -2.29. The average Bonchev–Trinajstić information content (AvgIpc) is 3.02. The Kier molecular flexibility index (Phi) is 6.31. The van der Waals surface area contributed by atoms with E-state index in [9.17, 15) is 18.0 Å². The summed E-state index contributed by atoms with van der Waals surface area (Å²) in [5, 5.41) is 8.45. The van der Waals surface area contributed by atoms with Gasteiger partial charge in [0.05, 0.1) is 22.2 Å². The maximum atomic E-state index is 12.8. The molecule has 0 saturated heterocycles. The first-order valence-electron chi connectivity index (χ1n) is 9.49. The van der Waals surface area contributed by atoms with Crippen molar-refractivity contribution in [2.45, 2.75) is 47.1 Å². The number of benzene rings is 2. The van der Waals surface area contributed by atoms with Crippen LogP contribution in [-0.4, -0.2) is 27.3 Å². The molecular weight excluding hydrogens is 477 g/mol. The first-order chi connectivity index (χ1) is 14.4. The third kappa shape index (κ3) is 5.55. The van der Waals surface area contributed by atoms with E-state index < -0.39 is 6.36 Å². The van der Waals surface area contributed by atoms with Gasteiger partial charge in [0.15, 0.2) is 0 Å². The number of carbonyl (C=O) groups is 1. The lowest BCUT2D eigenvalue weighted by molar-refractivity contribution is -0.274. The molecule has 6 nitrogen and oxygen atoms in total. The van der Waals surface area contributed by atoms with Crippen molar-refractivity contribution in [3.05, 3.63) is 46.4 Å². The van der Waals surface area contributed by atoms with Crippen LogP contribution in [0.2, 0.25) is 0 Å². The predicted molar refractivity (Wildman–Crippen MR) is 115 cm³/mol. The number of fused-ring (bicyclic) bond motifs is 1. The van der Waals surface area contributed by atoms with Gasteiger partial charge in [-0.05, 0) is 39.5 Å². The molecule has 0 unspecified atom stereocenters. The number of hydrogen-bond donors (Lipinski definition) is 0. The van der Waals surface area contributed by atoms with Crippen LogP contribution in [0.3, 0.4) is 0 Å². The Morgan fingerprint density at radius 1 is 1.16 bits per heavy atom. The summed E-state index contributed by atoms with van der Waals surface area (Å²) in [7, 11) is 0. The van der Waals surface area contributed by atoms with Crippen LogP contribution in [0.1, 0.15) is 33.3 Å². The van der Waals surface area contributed by atoms with Crippen molar-refractivity contribution in [3.63, 3.8) is 0 Å². The van der Waals surface area contributed by atoms with Crippen LogP contribution in [0.25, 0.3) is 11.0 Å². The molecule has 166 valence electrons. The SMILES string of the molecule is CC(=O)N(Cc1ccccc1OC(F)(F)F)c1ccc2c(nnn2CC(C)(C)C)c1Br. The summed E-state index contributed by atoms with van der Waals surface area (Å²) >= 11 is 3.50. The molecule has 0 aliphatic carbocycles. The molecule has 3 aromatic rings. The maximum Gasteiger partial charge on any atom is 0.573 e. The number of aromatic nitrogens is 3. The minimum atomic E-state index is -4.83. The van der Waals surface area contributed by atoms with Crippen molar-refractivity contribution < 1.29 is 22.7 Å². The van der Waals surface area contributed by atoms with Gasteiger partial charge < -0.3 is 9.64 Å². The Balaban J connectivity index is 2.00. The lowest BCUT2D eigenvalue weighted by atomic mass is 9.97. The number of alkyl halides is 3. The summed E-state index contributed by atoms with van der Waals surface area (Å²) in [4.78, 5) is 13.8. The molecule has 0 radical (unpaired) electrons. The summed E-state index contributed by atoms with van der Waals surface area (Å²) in [5.41, 5.74) is 2.03. The molecule has 1 amide bonds. The third-order valence-electron chi connectivity index (χ3n) is 4.43. The smallest absolute Gasteiger partial charge is 0.405 e. The minimum Gasteiger partial charge on any atom is -0.405 e. The molecule has 0 aliphatic rings. The second-order valence-corrected chi connectivity index (χ2v) is 9.13. The van der Waals surface area contributed by atoms with E-state index in [1.807, 2.05) is 0 Å². The Morgan fingerprint density at radius 3 is 2.45 bits per heavy atom. The third-order valence-corrected chi connectivity index (χ3v) is 5.21. The predicted octanol–water partition coefficient (Wildman–Crippen LogP) is 5.69. The van der Waals surface area contributed by atoms with Crippen molar-refractivity contribution in [2.24, 2.45) is 5.41 Å². The zero-order chi connectivity index (χ0) is 23.0. The molecule has 1 aromatic heterocycles. The molecule has 0 bridgehead atoms. The first-order valence-corrected chi connectivity index (χ1v) is 10.3. The highest BCUT2D eigenvalue weighted by molar-refractivity contribution is 9.10. The molecule has 31 heavy (non-hydrogen) atoms. The standard InChI is InChI=1S/C21H22BrF3N4O2/c1-13(30)28(11-14-7-5-6-8-17(14)31-21(23,24)25)15-9-10-16-19(18(15)22)26-27-29(16)12-20(2,3)4/h5-10H,11-12H2,1-4H3. The monoisotopic (exact) mass is 498 g/mol. The van der Waals surface area contributed by atoms with Gasteiger partial charge in [-0.3, -0.25) is 4.79 Å². The van der Waals surface area contributed by atoms with Gasteiger partial charge >= 0.3 is 6.36 Å². The molecule has 0 atom stereocenters. The highest BCUT2D eigenvalue weighted by atomic mass is 79.9. The van der Waals surface area contributed by atoms with Crippen LogP contribution < -0.4 is 9.64 Å². The van der Waals surface area contributed by atoms with Crippen molar-refractivity contribution >= 4 is 38.6 Å². The number of rotatable bonds is 5. The fraction of sp³-hybridized carbons (Fsp3) is 0.381. The topological polar surface area (TPSA) is 60.3 Å². The zero-order valence-electron chi connectivity index (χ0n) is 17.5. The first kappa shape index (κ1) is 23.1. The van der Waals surface area contributed by atoms with E-state index in [1.54, 1.807) is 22.9 Å². The van der Waals surface area contributed by atoms with Gasteiger partial charge in [0.25, 0.3) is 0 Å². The Hall–Kier alpha value is -2.62.